The van der Waals surface area contributed by atoms with Crippen LogP contribution in [-0.4, -0.2) is 37.2 Å². The van der Waals surface area contributed by atoms with Crippen LogP contribution in [0.4, 0.5) is 0 Å². The molecular formula is C73H136O6. The lowest BCUT2D eigenvalue weighted by Gasteiger charge is -2.18. The van der Waals surface area contributed by atoms with Crippen LogP contribution in [0.3, 0.4) is 0 Å². The molecule has 0 aromatic heterocycles. The van der Waals surface area contributed by atoms with Crippen molar-refractivity contribution in [3.63, 3.8) is 0 Å². The molecule has 0 fully saturated rings. The molecule has 0 heterocycles. The number of esters is 3. The van der Waals surface area contributed by atoms with Gasteiger partial charge in [-0.1, -0.05) is 314 Å². The Morgan fingerprint density at radius 1 is 0.241 bits per heavy atom. The third kappa shape index (κ3) is 66.3. The lowest BCUT2D eigenvalue weighted by Crippen LogP contribution is -2.30. The first-order valence-electron chi connectivity index (χ1n) is 35.5. The number of ether oxygens (including phenoxy) is 3. The Labute approximate surface area is 493 Å². The summed E-state index contributed by atoms with van der Waals surface area (Å²) in [5.41, 5.74) is 0. The van der Waals surface area contributed by atoms with E-state index in [2.05, 4.69) is 57.2 Å². The zero-order valence-corrected chi connectivity index (χ0v) is 53.4. The SMILES string of the molecule is CCCCCCCC/C=C\CCCCCCCCCCCC(=O)OC(COC(=O)CCCCCCC/C=C\CCCCCCCC)COC(=O)CCCCCCCCCCCCCCCCC/C=C\CCCCCCCCCC. The van der Waals surface area contributed by atoms with E-state index in [-0.39, 0.29) is 31.1 Å². The summed E-state index contributed by atoms with van der Waals surface area (Å²) in [6.07, 6.45) is 84.6. The summed E-state index contributed by atoms with van der Waals surface area (Å²) in [5, 5.41) is 0. The fraction of sp³-hybridized carbons (Fsp3) is 0.877. The van der Waals surface area contributed by atoms with Crippen LogP contribution >= 0.6 is 0 Å². The van der Waals surface area contributed by atoms with Crippen LogP contribution in [0.1, 0.15) is 393 Å². The number of allylic oxidation sites excluding steroid dienone is 6. The summed E-state index contributed by atoms with van der Waals surface area (Å²) in [6.45, 7) is 6.69. The van der Waals surface area contributed by atoms with E-state index >= 15 is 0 Å². The van der Waals surface area contributed by atoms with Gasteiger partial charge in [0.15, 0.2) is 6.10 Å². The van der Waals surface area contributed by atoms with Crippen molar-refractivity contribution in [2.45, 2.75) is 399 Å². The monoisotopic (exact) mass is 1110 g/mol. The molecule has 0 N–H and O–H groups in total. The van der Waals surface area contributed by atoms with E-state index in [9.17, 15) is 14.4 Å². The Morgan fingerprint density at radius 3 is 0.633 bits per heavy atom. The highest BCUT2D eigenvalue weighted by Crippen LogP contribution is 2.18. The van der Waals surface area contributed by atoms with Crippen LogP contribution in [0.2, 0.25) is 0 Å². The van der Waals surface area contributed by atoms with Gasteiger partial charge in [0.1, 0.15) is 13.2 Å². The van der Waals surface area contributed by atoms with Gasteiger partial charge in [0, 0.05) is 19.3 Å². The minimum Gasteiger partial charge on any atom is -0.462 e. The molecule has 464 valence electrons. The molecular weight excluding hydrogens is 973 g/mol. The topological polar surface area (TPSA) is 78.9 Å². The van der Waals surface area contributed by atoms with Crippen LogP contribution in [-0.2, 0) is 28.6 Å². The van der Waals surface area contributed by atoms with Gasteiger partial charge in [0.05, 0.1) is 0 Å². The fourth-order valence-electron chi connectivity index (χ4n) is 10.7. The second-order valence-electron chi connectivity index (χ2n) is 24.1. The maximum Gasteiger partial charge on any atom is 0.306 e. The molecule has 79 heavy (non-hydrogen) atoms. The molecule has 0 amide bonds. The van der Waals surface area contributed by atoms with Crippen LogP contribution in [0, 0.1) is 0 Å². The number of unbranched alkanes of at least 4 members (excludes halogenated alkanes) is 49. The summed E-state index contributed by atoms with van der Waals surface area (Å²) in [5.74, 6) is -0.855. The van der Waals surface area contributed by atoms with E-state index in [1.54, 1.807) is 0 Å². The number of carbonyl (C=O) groups excluding carboxylic acids is 3. The maximum absolute atomic E-state index is 12.9. The minimum atomic E-state index is -0.776. The average molecular weight is 1110 g/mol. The first-order valence-corrected chi connectivity index (χ1v) is 35.5. The van der Waals surface area contributed by atoms with Gasteiger partial charge in [-0.3, -0.25) is 14.4 Å². The van der Waals surface area contributed by atoms with Crippen LogP contribution < -0.4 is 0 Å². The number of carbonyl (C=O) groups is 3. The molecule has 0 aromatic rings. The zero-order chi connectivity index (χ0) is 57.1. The van der Waals surface area contributed by atoms with E-state index < -0.39 is 6.10 Å². The summed E-state index contributed by atoms with van der Waals surface area (Å²) in [6, 6.07) is 0. The van der Waals surface area contributed by atoms with Crippen molar-refractivity contribution in [3.8, 4) is 0 Å². The molecule has 1 unspecified atom stereocenters. The Hall–Kier alpha value is -2.37. The van der Waals surface area contributed by atoms with Crippen molar-refractivity contribution >= 4 is 17.9 Å². The van der Waals surface area contributed by atoms with E-state index in [1.165, 1.54) is 289 Å². The predicted molar refractivity (Wildman–Crippen MR) is 344 cm³/mol. The average Bonchev–Trinajstić information content (AvgIpc) is 3.45. The summed E-state index contributed by atoms with van der Waals surface area (Å²) >= 11 is 0. The number of hydrogen-bond donors (Lipinski definition) is 0. The van der Waals surface area contributed by atoms with E-state index in [0.29, 0.717) is 19.3 Å². The van der Waals surface area contributed by atoms with Gasteiger partial charge in [0.25, 0.3) is 0 Å². The second-order valence-corrected chi connectivity index (χ2v) is 24.1. The molecule has 6 nitrogen and oxygen atoms in total. The van der Waals surface area contributed by atoms with Crippen molar-refractivity contribution in [1.29, 1.82) is 0 Å². The van der Waals surface area contributed by atoms with Crippen LogP contribution in [0.25, 0.3) is 0 Å². The predicted octanol–water partition coefficient (Wildman–Crippen LogP) is 24.3. The van der Waals surface area contributed by atoms with E-state index in [0.717, 1.165) is 64.2 Å². The van der Waals surface area contributed by atoms with Gasteiger partial charge in [0.2, 0.25) is 0 Å². The van der Waals surface area contributed by atoms with Gasteiger partial charge >= 0.3 is 17.9 Å². The molecule has 0 saturated heterocycles. The first-order chi connectivity index (χ1) is 39.0. The molecule has 0 bridgehead atoms. The number of rotatable bonds is 66. The molecule has 0 radical (unpaired) electrons. The molecule has 0 spiro atoms. The minimum absolute atomic E-state index is 0.0714. The molecule has 0 aliphatic carbocycles. The first kappa shape index (κ1) is 76.6. The highest BCUT2D eigenvalue weighted by Gasteiger charge is 2.19. The lowest BCUT2D eigenvalue weighted by atomic mass is 10.0. The van der Waals surface area contributed by atoms with Crippen LogP contribution in [0.5, 0.6) is 0 Å². The zero-order valence-electron chi connectivity index (χ0n) is 53.4. The van der Waals surface area contributed by atoms with Gasteiger partial charge in [-0.25, -0.2) is 0 Å². The third-order valence-corrected chi connectivity index (χ3v) is 16.1. The molecule has 0 aliphatic rings. The summed E-state index contributed by atoms with van der Waals surface area (Å²) in [4.78, 5) is 38.4. The summed E-state index contributed by atoms with van der Waals surface area (Å²) < 4.78 is 17.0. The van der Waals surface area contributed by atoms with Gasteiger partial charge in [-0.05, 0) is 96.3 Å². The Kier molecular flexibility index (Phi) is 66.1. The normalized spacial score (nSPS) is 12.2. The van der Waals surface area contributed by atoms with E-state index in [1.807, 2.05) is 0 Å². The molecule has 1 atom stereocenters. The molecule has 0 rings (SSSR count). The fourth-order valence-corrected chi connectivity index (χ4v) is 10.7. The van der Waals surface area contributed by atoms with Gasteiger partial charge in [-0.2, -0.15) is 0 Å². The Bertz CT molecular complexity index is 1320. The van der Waals surface area contributed by atoms with Crippen molar-refractivity contribution in [2.75, 3.05) is 13.2 Å². The quantitative estimate of drug-likeness (QED) is 0.0261. The molecule has 0 aromatic carbocycles. The van der Waals surface area contributed by atoms with Gasteiger partial charge in [-0.15, -0.1) is 0 Å². The Morgan fingerprint density at radius 2 is 0.418 bits per heavy atom. The second kappa shape index (κ2) is 68.1. The Balaban J connectivity index is 4.25. The van der Waals surface area contributed by atoms with Crippen molar-refractivity contribution in [3.05, 3.63) is 36.5 Å². The highest BCUT2D eigenvalue weighted by atomic mass is 16.6. The van der Waals surface area contributed by atoms with E-state index in [4.69, 9.17) is 14.2 Å². The standard InChI is InChI=1S/C73H136O6/c1-4-7-10-13-16-19-22-25-28-30-32-33-34-35-36-37-38-39-41-42-45-48-51-54-57-60-63-66-72(75)78-69-70(68-77-71(74)65-62-59-56-53-50-47-44-27-24-21-18-15-12-9-6-3)79-73(76)67-64-61-58-55-52-49-46-43-40-31-29-26-23-20-17-14-11-8-5-2/h26-27,29-30,32,44,70H,4-25,28,31,33-43,45-69H2,1-3H3/b29-26-,32-30-,44-27-. The molecule has 0 saturated carbocycles. The van der Waals surface area contributed by atoms with Crippen molar-refractivity contribution < 1.29 is 28.6 Å². The molecule has 6 heteroatoms. The van der Waals surface area contributed by atoms with Gasteiger partial charge < -0.3 is 14.2 Å². The lowest BCUT2D eigenvalue weighted by molar-refractivity contribution is -0.167. The molecule has 0 aliphatic heterocycles. The van der Waals surface area contributed by atoms with Crippen LogP contribution in [0.15, 0.2) is 36.5 Å². The maximum atomic E-state index is 12.9. The van der Waals surface area contributed by atoms with Crippen molar-refractivity contribution in [1.82, 2.24) is 0 Å². The summed E-state index contributed by atoms with van der Waals surface area (Å²) in [7, 11) is 0. The van der Waals surface area contributed by atoms with Crippen molar-refractivity contribution in [2.24, 2.45) is 0 Å². The smallest absolute Gasteiger partial charge is 0.306 e. The number of hydrogen-bond acceptors (Lipinski definition) is 6. The third-order valence-electron chi connectivity index (χ3n) is 16.1. The largest absolute Gasteiger partial charge is 0.462 e. The highest BCUT2D eigenvalue weighted by molar-refractivity contribution is 5.71.